The minimum absolute atomic E-state index is 0.265. The fraction of sp³-hybridized carbons (Fsp3) is 0.312. The molecular weight excluding hydrogens is 282 g/mol. The van der Waals surface area contributed by atoms with Crippen molar-refractivity contribution in [2.45, 2.75) is 32.2 Å². The number of benzene rings is 1. The number of carbonyl (C=O) groups is 3. The number of hydrogen-bond donors (Lipinski definition) is 3. The van der Waals surface area contributed by atoms with Crippen LogP contribution in [0.2, 0.25) is 0 Å². The lowest BCUT2D eigenvalue weighted by atomic mass is 10.1. The molecule has 6 nitrogen and oxygen atoms in total. The van der Waals surface area contributed by atoms with Gasteiger partial charge in [-0.1, -0.05) is 12.1 Å². The van der Waals surface area contributed by atoms with Crippen LogP contribution < -0.4 is 16.4 Å². The molecule has 0 radical (unpaired) electrons. The van der Waals surface area contributed by atoms with Gasteiger partial charge in [-0.3, -0.25) is 14.4 Å². The van der Waals surface area contributed by atoms with Crippen LogP contribution in [0.15, 0.2) is 24.3 Å². The van der Waals surface area contributed by atoms with Gasteiger partial charge >= 0.3 is 0 Å². The number of para-hydroxylation sites is 1. The summed E-state index contributed by atoms with van der Waals surface area (Å²) >= 11 is 0. The van der Waals surface area contributed by atoms with E-state index in [1.54, 1.807) is 24.3 Å². The molecule has 0 saturated carbocycles. The van der Waals surface area contributed by atoms with Gasteiger partial charge in [0.2, 0.25) is 11.8 Å². The van der Waals surface area contributed by atoms with Gasteiger partial charge in [-0.2, -0.15) is 0 Å². The largest absolute Gasteiger partial charge is 0.368 e. The second-order valence-electron chi connectivity index (χ2n) is 4.75. The Morgan fingerprint density at radius 3 is 2.59 bits per heavy atom. The topological polar surface area (TPSA) is 101 Å². The highest BCUT2D eigenvalue weighted by Gasteiger charge is 2.20. The van der Waals surface area contributed by atoms with Crippen molar-refractivity contribution in [3.63, 3.8) is 0 Å². The van der Waals surface area contributed by atoms with Crippen LogP contribution in [-0.4, -0.2) is 23.8 Å². The summed E-state index contributed by atoms with van der Waals surface area (Å²) in [7, 11) is 0. The molecule has 0 fully saturated rings. The Kier molecular flexibility index (Phi) is 6.64. The number of anilines is 1. The molecule has 1 rings (SSSR count). The van der Waals surface area contributed by atoms with E-state index in [1.165, 1.54) is 6.92 Å². The zero-order chi connectivity index (χ0) is 16.5. The average molecular weight is 301 g/mol. The van der Waals surface area contributed by atoms with Crippen LogP contribution in [0.1, 0.15) is 36.5 Å². The number of carbonyl (C=O) groups excluding carboxylic acids is 3. The molecule has 0 aliphatic rings. The van der Waals surface area contributed by atoms with E-state index in [9.17, 15) is 14.4 Å². The molecule has 0 bridgehead atoms. The van der Waals surface area contributed by atoms with Crippen molar-refractivity contribution in [3.8, 4) is 12.3 Å². The maximum absolute atomic E-state index is 12.3. The lowest BCUT2D eigenvalue weighted by Crippen LogP contribution is -2.44. The van der Waals surface area contributed by atoms with Gasteiger partial charge in [0.05, 0.1) is 11.3 Å². The quantitative estimate of drug-likeness (QED) is 0.518. The molecule has 0 aliphatic heterocycles. The third kappa shape index (κ3) is 5.29. The summed E-state index contributed by atoms with van der Waals surface area (Å²) < 4.78 is 0. The summed E-state index contributed by atoms with van der Waals surface area (Å²) in [6.07, 6.45) is 6.61. The predicted octanol–water partition coefficient (Wildman–Crippen LogP) is 1.03. The molecule has 0 aromatic heterocycles. The van der Waals surface area contributed by atoms with Gasteiger partial charge in [0, 0.05) is 13.3 Å². The molecule has 0 unspecified atom stereocenters. The number of terminal acetylenes is 1. The zero-order valence-electron chi connectivity index (χ0n) is 12.4. The maximum atomic E-state index is 12.3. The summed E-state index contributed by atoms with van der Waals surface area (Å²) in [5.41, 5.74) is 5.93. The van der Waals surface area contributed by atoms with Crippen molar-refractivity contribution in [2.75, 3.05) is 5.32 Å². The first-order chi connectivity index (χ1) is 10.5. The molecule has 116 valence electrons. The normalized spacial score (nSPS) is 11.1. The number of nitrogens with two attached hydrogens (primary N) is 1. The number of amides is 3. The minimum Gasteiger partial charge on any atom is -0.368 e. The van der Waals surface area contributed by atoms with E-state index >= 15 is 0 Å². The first-order valence-electron chi connectivity index (χ1n) is 6.86. The van der Waals surface area contributed by atoms with E-state index < -0.39 is 17.9 Å². The molecule has 22 heavy (non-hydrogen) atoms. The van der Waals surface area contributed by atoms with Crippen molar-refractivity contribution in [2.24, 2.45) is 5.73 Å². The highest BCUT2D eigenvalue weighted by Crippen LogP contribution is 2.15. The smallest absolute Gasteiger partial charge is 0.254 e. The summed E-state index contributed by atoms with van der Waals surface area (Å²) in [6.45, 7) is 1.35. The van der Waals surface area contributed by atoms with Crippen molar-refractivity contribution in [3.05, 3.63) is 29.8 Å². The SMILES string of the molecule is C#CCCC[C@H](NC(=O)c1ccccc1NC(C)=O)C(N)=O. The molecule has 3 amide bonds. The summed E-state index contributed by atoms with van der Waals surface area (Å²) in [6, 6.07) is 5.72. The second-order valence-corrected chi connectivity index (χ2v) is 4.75. The third-order valence-electron chi connectivity index (χ3n) is 2.95. The molecule has 0 heterocycles. The van der Waals surface area contributed by atoms with E-state index in [4.69, 9.17) is 12.2 Å². The number of unbranched alkanes of at least 4 members (excludes halogenated alkanes) is 1. The van der Waals surface area contributed by atoms with E-state index in [0.29, 0.717) is 24.9 Å². The van der Waals surface area contributed by atoms with Crippen LogP contribution in [0.3, 0.4) is 0 Å². The minimum atomic E-state index is -0.800. The van der Waals surface area contributed by atoms with Crippen LogP contribution in [0, 0.1) is 12.3 Å². The standard InChI is InChI=1S/C16H19N3O3/c1-3-4-5-10-14(15(17)21)19-16(22)12-8-6-7-9-13(12)18-11(2)20/h1,6-9,14H,4-5,10H2,2H3,(H2,17,21)(H,18,20)(H,19,22)/t14-/m0/s1. The highest BCUT2D eigenvalue weighted by atomic mass is 16.2. The van der Waals surface area contributed by atoms with Gasteiger partial charge in [0.15, 0.2) is 0 Å². The molecule has 0 spiro atoms. The predicted molar refractivity (Wildman–Crippen MR) is 83.9 cm³/mol. The molecule has 6 heteroatoms. The van der Waals surface area contributed by atoms with Gasteiger partial charge in [0.1, 0.15) is 6.04 Å². The lowest BCUT2D eigenvalue weighted by molar-refractivity contribution is -0.120. The second kappa shape index (κ2) is 8.47. The Hall–Kier alpha value is -2.81. The maximum Gasteiger partial charge on any atom is 0.254 e. The first kappa shape index (κ1) is 17.2. The Morgan fingerprint density at radius 2 is 2.00 bits per heavy atom. The Morgan fingerprint density at radius 1 is 1.32 bits per heavy atom. The summed E-state index contributed by atoms with van der Waals surface area (Å²) in [5.74, 6) is 1.07. The van der Waals surface area contributed by atoms with E-state index in [0.717, 1.165) is 0 Å². The number of nitrogens with one attached hydrogen (secondary N) is 2. The number of rotatable bonds is 7. The first-order valence-corrected chi connectivity index (χ1v) is 6.86. The van der Waals surface area contributed by atoms with E-state index in [1.807, 2.05) is 0 Å². The molecule has 0 aliphatic carbocycles. The van der Waals surface area contributed by atoms with Crippen molar-refractivity contribution in [1.29, 1.82) is 0 Å². The zero-order valence-corrected chi connectivity index (χ0v) is 12.4. The van der Waals surface area contributed by atoms with Crippen molar-refractivity contribution in [1.82, 2.24) is 5.32 Å². The third-order valence-corrected chi connectivity index (χ3v) is 2.95. The van der Waals surface area contributed by atoms with E-state index in [2.05, 4.69) is 16.6 Å². The molecule has 1 atom stereocenters. The van der Waals surface area contributed by atoms with Gasteiger partial charge in [0.25, 0.3) is 5.91 Å². The lowest BCUT2D eigenvalue weighted by Gasteiger charge is -2.16. The van der Waals surface area contributed by atoms with Gasteiger partial charge in [-0.05, 0) is 25.0 Å². The fourth-order valence-electron chi connectivity index (χ4n) is 1.91. The molecule has 0 saturated heterocycles. The Labute approximate surface area is 129 Å². The van der Waals surface area contributed by atoms with Gasteiger partial charge < -0.3 is 16.4 Å². The molecular formula is C16H19N3O3. The van der Waals surface area contributed by atoms with Crippen LogP contribution >= 0.6 is 0 Å². The van der Waals surface area contributed by atoms with Crippen LogP contribution in [-0.2, 0) is 9.59 Å². The van der Waals surface area contributed by atoms with Gasteiger partial charge in [-0.15, -0.1) is 12.3 Å². The van der Waals surface area contributed by atoms with Crippen LogP contribution in [0.4, 0.5) is 5.69 Å². The van der Waals surface area contributed by atoms with Crippen molar-refractivity contribution >= 4 is 23.4 Å². The molecule has 1 aromatic carbocycles. The monoisotopic (exact) mass is 301 g/mol. The fourth-order valence-corrected chi connectivity index (χ4v) is 1.91. The highest BCUT2D eigenvalue weighted by molar-refractivity contribution is 6.04. The molecule has 1 aromatic rings. The Bertz CT molecular complexity index is 605. The van der Waals surface area contributed by atoms with Crippen molar-refractivity contribution < 1.29 is 14.4 Å². The van der Waals surface area contributed by atoms with Gasteiger partial charge in [-0.25, -0.2) is 0 Å². The van der Waals surface area contributed by atoms with Crippen LogP contribution in [0.5, 0.6) is 0 Å². The molecule has 4 N–H and O–H groups in total. The van der Waals surface area contributed by atoms with E-state index in [-0.39, 0.29) is 11.5 Å². The summed E-state index contributed by atoms with van der Waals surface area (Å²) in [4.78, 5) is 34.9. The average Bonchev–Trinajstić information content (AvgIpc) is 2.46. The van der Waals surface area contributed by atoms with Crippen LogP contribution in [0.25, 0.3) is 0 Å². The number of primary amides is 1. The Balaban J connectivity index is 2.84. The summed E-state index contributed by atoms with van der Waals surface area (Å²) in [5, 5.41) is 5.14. The number of hydrogen-bond acceptors (Lipinski definition) is 3.